The minimum atomic E-state index is 0.498. The molecule has 3 rings (SSSR count). The Bertz CT molecular complexity index is 390. The Hall–Kier alpha value is -0.830. The Morgan fingerprint density at radius 1 is 1.41 bits per heavy atom. The highest BCUT2D eigenvalue weighted by molar-refractivity contribution is 5.21. The zero-order valence-corrected chi connectivity index (χ0v) is 11.1. The first-order valence-corrected chi connectivity index (χ1v) is 6.86. The maximum Gasteiger partial charge on any atom is 0.0582 e. The highest BCUT2D eigenvalue weighted by atomic mass is 15.3. The average molecular weight is 233 g/mol. The molecule has 4 unspecified atom stereocenters. The molecule has 1 heterocycles. The molecular formula is C14H23N3. The summed E-state index contributed by atoms with van der Waals surface area (Å²) in [7, 11) is 4.17. The van der Waals surface area contributed by atoms with E-state index < -0.39 is 0 Å². The normalized spacial score (nSPS) is 33.2. The summed E-state index contributed by atoms with van der Waals surface area (Å²) in [6, 6.07) is 0.498. The molecular weight excluding hydrogens is 210 g/mol. The lowest BCUT2D eigenvalue weighted by Gasteiger charge is -2.31. The summed E-state index contributed by atoms with van der Waals surface area (Å²) in [4.78, 5) is 0. The number of hydrogen-bond donors (Lipinski definition) is 1. The minimum Gasteiger partial charge on any atom is -0.311 e. The van der Waals surface area contributed by atoms with Crippen LogP contribution in [0.3, 0.4) is 0 Å². The van der Waals surface area contributed by atoms with Crippen molar-refractivity contribution in [3.05, 3.63) is 17.5 Å². The first-order valence-electron chi connectivity index (χ1n) is 6.86. The summed E-state index contributed by atoms with van der Waals surface area (Å²) < 4.78 is 2.06. The topological polar surface area (TPSA) is 29.9 Å². The van der Waals surface area contributed by atoms with Gasteiger partial charge in [0.1, 0.15) is 0 Å². The van der Waals surface area contributed by atoms with Crippen molar-refractivity contribution in [2.75, 3.05) is 7.05 Å². The number of fused-ring (bicyclic) bond motifs is 2. The van der Waals surface area contributed by atoms with E-state index in [1.807, 2.05) is 6.20 Å². The molecule has 0 amide bonds. The van der Waals surface area contributed by atoms with E-state index in [0.29, 0.717) is 6.04 Å². The van der Waals surface area contributed by atoms with Crippen LogP contribution in [0, 0.1) is 24.7 Å². The van der Waals surface area contributed by atoms with Crippen LogP contribution >= 0.6 is 0 Å². The molecule has 2 fully saturated rings. The third kappa shape index (κ3) is 1.71. The minimum absolute atomic E-state index is 0.498. The molecule has 17 heavy (non-hydrogen) atoms. The molecule has 1 aromatic rings. The predicted octanol–water partition coefficient (Wildman–Crippen LogP) is 2.43. The fraction of sp³-hybridized carbons (Fsp3) is 0.786. The van der Waals surface area contributed by atoms with Gasteiger partial charge in [-0.15, -0.1) is 0 Å². The van der Waals surface area contributed by atoms with E-state index in [-0.39, 0.29) is 0 Å². The number of nitrogens with zero attached hydrogens (tertiary/aromatic N) is 2. The standard InChI is InChI=1S/C14H23N3/c1-9-8-16-17(3)14(9)13(15-2)12-7-10-4-5-11(12)6-10/h8,10-13,15H,4-7H2,1-3H3. The van der Waals surface area contributed by atoms with Crippen LogP contribution in [0.15, 0.2) is 6.20 Å². The zero-order valence-electron chi connectivity index (χ0n) is 11.1. The Labute approximate surface area is 104 Å². The van der Waals surface area contributed by atoms with Crippen molar-refractivity contribution in [1.29, 1.82) is 0 Å². The molecule has 2 bridgehead atoms. The number of nitrogens with one attached hydrogen (secondary N) is 1. The Balaban J connectivity index is 1.89. The largest absolute Gasteiger partial charge is 0.311 e. The van der Waals surface area contributed by atoms with Crippen LogP contribution in [0.5, 0.6) is 0 Å². The quantitative estimate of drug-likeness (QED) is 0.869. The smallest absolute Gasteiger partial charge is 0.0582 e. The van der Waals surface area contributed by atoms with Crippen LogP contribution in [0.4, 0.5) is 0 Å². The van der Waals surface area contributed by atoms with Gasteiger partial charge in [0.15, 0.2) is 0 Å². The Kier molecular flexibility index (Phi) is 2.74. The van der Waals surface area contributed by atoms with Crippen LogP contribution in [0.2, 0.25) is 0 Å². The molecule has 2 aliphatic rings. The van der Waals surface area contributed by atoms with Gasteiger partial charge < -0.3 is 5.32 Å². The van der Waals surface area contributed by atoms with Crippen molar-refractivity contribution in [2.45, 2.75) is 38.6 Å². The molecule has 3 heteroatoms. The van der Waals surface area contributed by atoms with Gasteiger partial charge in [-0.25, -0.2) is 0 Å². The van der Waals surface area contributed by atoms with E-state index in [1.54, 1.807) is 0 Å². The lowest BCUT2D eigenvalue weighted by molar-refractivity contribution is 0.251. The van der Waals surface area contributed by atoms with Gasteiger partial charge in [0.2, 0.25) is 0 Å². The Morgan fingerprint density at radius 2 is 2.24 bits per heavy atom. The third-order valence-corrected chi connectivity index (χ3v) is 5.00. The molecule has 2 saturated carbocycles. The highest BCUT2D eigenvalue weighted by Crippen LogP contribution is 2.52. The third-order valence-electron chi connectivity index (χ3n) is 5.00. The summed E-state index contributed by atoms with van der Waals surface area (Å²) in [5.41, 5.74) is 2.72. The maximum absolute atomic E-state index is 4.40. The van der Waals surface area contributed by atoms with E-state index in [0.717, 1.165) is 17.8 Å². The monoisotopic (exact) mass is 233 g/mol. The van der Waals surface area contributed by atoms with Crippen LogP contribution in [-0.4, -0.2) is 16.8 Å². The van der Waals surface area contributed by atoms with E-state index in [9.17, 15) is 0 Å². The summed E-state index contributed by atoms with van der Waals surface area (Å²) in [6.45, 7) is 2.18. The Morgan fingerprint density at radius 3 is 2.71 bits per heavy atom. The summed E-state index contributed by atoms with van der Waals surface area (Å²) in [6.07, 6.45) is 7.81. The number of aryl methyl sites for hydroxylation is 2. The van der Waals surface area contributed by atoms with Crippen molar-refractivity contribution < 1.29 is 0 Å². The second-order valence-corrected chi connectivity index (χ2v) is 5.94. The van der Waals surface area contributed by atoms with E-state index in [1.165, 1.54) is 36.9 Å². The van der Waals surface area contributed by atoms with E-state index in [4.69, 9.17) is 0 Å². The molecule has 0 saturated heterocycles. The van der Waals surface area contributed by atoms with Gasteiger partial charge >= 0.3 is 0 Å². The predicted molar refractivity (Wildman–Crippen MR) is 68.7 cm³/mol. The lowest BCUT2D eigenvalue weighted by atomic mass is 9.81. The molecule has 0 aromatic carbocycles. The summed E-state index contributed by atoms with van der Waals surface area (Å²) >= 11 is 0. The van der Waals surface area contributed by atoms with Gasteiger partial charge in [-0.3, -0.25) is 4.68 Å². The highest BCUT2D eigenvalue weighted by Gasteiger charge is 2.44. The van der Waals surface area contributed by atoms with Gasteiger partial charge in [0.25, 0.3) is 0 Å². The van der Waals surface area contributed by atoms with Crippen molar-refractivity contribution in [3.63, 3.8) is 0 Å². The molecule has 1 N–H and O–H groups in total. The summed E-state index contributed by atoms with van der Waals surface area (Å²) in [5.74, 6) is 2.79. The molecule has 0 radical (unpaired) electrons. The molecule has 94 valence electrons. The van der Waals surface area contributed by atoms with E-state index in [2.05, 4.69) is 36.1 Å². The second-order valence-electron chi connectivity index (χ2n) is 5.94. The first kappa shape index (κ1) is 11.3. The number of aromatic nitrogens is 2. The van der Waals surface area contributed by atoms with Crippen LogP contribution < -0.4 is 5.32 Å². The summed E-state index contributed by atoms with van der Waals surface area (Å²) in [5, 5.41) is 7.95. The zero-order chi connectivity index (χ0) is 12.0. The number of hydrogen-bond acceptors (Lipinski definition) is 2. The molecule has 2 aliphatic carbocycles. The fourth-order valence-corrected chi connectivity index (χ4v) is 4.26. The van der Waals surface area contributed by atoms with Crippen molar-refractivity contribution in [2.24, 2.45) is 24.8 Å². The van der Waals surface area contributed by atoms with Crippen LogP contribution in [-0.2, 0) is 7.05 Å². The number of rotatable bonds is 3. The molecule has 0 spiro atoms. The van der Waals surface area contributed by atoms with Gasteiger partial charge in [-0.2, -0.15) is 5.10 Å². The molecule has 3 nitrogen and oxygen atoms in total. The SMILES string of the molecule is CNC(c1c(C)cnn1C)C1CC2CCC1C2. The maximum atomic E-state index is 4.40. The van der Waals surface area contributed by atoms with Gasteiger partial charge in [0.05, 0.1) is 17.9 Å². The van der Waals surface area contributed by atoms with Crippen molar-refractivity contribution in [3.8, 4) is 0 Å². The van der Waals surface area contributed by atoms with Gasteiger partial charge in [-0.1, -0.05) is 6.42 Å². The molecule has 1 aromatic heterocycles. The van der Waals surface area contributed by atoms with E-state index >= 15 is 0 Å². The van der Waals surface area contributed by atoms with Crippen LogP contribution in [0.1, 0.15) is 43.0 Å². The van der Waals surface area contributed by atoms with Gasteiger partial charge in [-0.05, 0) is 56.6 Å². The average Bonchev–Trinajstić information content (AvgIpc) is 3.00. The van der Waals surface area contributed by atoms with Crippen molar-refractivity contribution in [1.82, 2.24) is 15.1 Å². The molecule has 4 atom stereocenters. The second kappa shape index (κ2) is 4.13. The van der Waals surface area contributed by atoms with Gasteiger partial charge in [0, 0.05) is 7.05 Å². The van der Waals surface area contributed by atoms with Crippen molar-refractivity contribution >= 4 is 0 Å². The van der Waals surface area contributed by atoms with Crippen LogP contribution in [0.25, 0.3) is 0 Å². The lowest BCUT2D eigenvalue weighted by Crippen LogP contribution is -2.31. The first-order chi connectivity index (χ1) is 8.20. The molecule has 0 aliphatic heterocycles. The fourth-order valence-electron chi connectivity index (χ4n) is 4.26.